The summed E-state index contributed by atoms with van der Waals surface area (Å²) >= 11 is 0. The van der Waals surface area contributed by atoms with Crippen molar-refractivity contribution in [2.24, 2.45) is 30.7 Å². The molecule has 6 aliphatic rings. The molecule has 6 heterocycles. The molecule has 7 rings (SSSR count). The van der Waals surface area contributed by atoms with Crippen LogP contribution >= 0.6 is 0 Å². The van der Waals surface area contributed by atoms with Crippen LogP contribution in [0.15, 0.2) is 60.9 Å². The number of amides is 12. The fourth-order valence-corrected chi connectivity index (χ4v) is 7.72. The molecule has 81 heavy (non-hydrogen) atoms. The van der Waals surface area contributed by atoms with E-state index in [4.69, 9.17) is 85.3 Å². The predicted molar refractivity (Wildman–Crippen MR) is 266 cm³/mol. The van der Waals surface area contributed by atoms with Gasteiger partial charge < -0.3 is 85.3 Å². The average molecular weight is 1150 g/mol. The van der Waals surface area contributed by atoms with Gasteiger partial charge in [-0.25, -0.2) is 43.5 Å². The topological polar surface area (TPSA) is 352 Å². The summed E-state index contributed by atoms with van der Waals surface area (Å²) < 4.78 is 108. The first-order valence-corrected chi connectivity index (χ1v) is 26.2. The lowest BCUT2D eigenvalue weighted by atomic mass is 10.2. The Morgan fingerprint density at radius 1 is 0.370 bits per heavy atom. The van der Waals surface area contributed by atoms with Crippen molar-refractivity contribution in [2.45, 2.75) is 30.5 Å². The maximum Gasteiger partial charge on any atom is 0.375 e. The zero-order chi connectivity index (χ0) is 56.7. The zero-order valence-electron chi connectivity index (χ0n) is 44.5. The molecule has 0 N–H and O–H groups in total. The third-order valence-corrected chi connectivity index (χ3v) is 11.7. The van der Waals surface area contributed by atoms with Gasteiger partial charge in [0.05, 0.1) is 177 Å². The van der Waals surface area contributed by atoms with Crippen molar-refractivity contribution in [1.29, 1.82) is 0 Å². The van der Waals surface area contributed by atoms with Crippen molar-refractivity contribution in [2.75, 3.05) is 196 Å². The molecule has 1 aromatic rings. The Hall–Kier alpha value is -6.18. The highest BCUT2D eigenvalue weighted by molar-refractivity contribution is 6.17. The largest absolute Gasteiger partial charge is 0.495 e. The summed E-state index contributed by atoms with van der Waals surface area (Å²) in [6.07, 6.45) is -2.70. The van der Waals surface area contributed by atoms with Crippen LogP contribution in [0.5, 0.6) is 11.5 Å². The summed E-state index contributed by atoms with van der Waals surface area (Å²) in [4.78, 5) is 76.6. The summed E-state index contributed by atoms with van der Waals surface area (Å²) in [7, 11) is 0. The molecule has 1 fully saturated rings. The van der Waals surface area contributed by atoms with E-state index in [0.29, 0.717) is 26.4 Å². The zero-order valence-corrected chi connectivity index (χ0v) is 44.5. The van der Waals surface area contributed by atoms with Crippen molar-refractivity contribution in [3.05, 3.63) is 30.2 Å². The van der Waals surface area contributed by atoms with Gasteiger partial charge in [-0.15, -0.1) is 0 Å². The molecular weight excluding hydrogens is 1090 g/mol. The standard InChI is InChI=1S/C48H67N9O24/c58-43-49-50-44(59)55(43)26-35-28-69-12-7-65-5-3-64-4-6-66-8-13-70-30-39(78-20-19-75-35)40-31-71-14-9-67-10-15-72-32-41(42-33-73-16-11-68-17-18-74-36(29-81-42)27-56-45(60)51-52-46(56)61)80-24-22-77-38-25-34(57-47(62)53-54-48(57)63)1-2-37(38)76-21-23-79-40/h1-2,25,28,36,39-42H,3-24,26-27,29-33H2/b35-28-. The molecule has 33 heteroatoms. The number of nitrogens with zero attached hydrogens (tertiary/aromatic N) is 9. The van der Waals surface area contributed by atoms with E-state index < -0.39 is 66.7 Å². The monoisotopic (exact) mass is 1150 g/mol. The number of fused-ring (bicyclic) bond motifs is 1. The van der Waals surface area contributed by atoms with Gasteiger partial charge in [0.25, 0.3) is 0 Å². The van der Waals surface area contributed by atoms with E-state index in [1.165, 1.54) is 24.5 Å². The van der Waals surface area contributed by atoms with Crippen LogP contribution in [-0.4, -0.2) is 268 Å². The summed E-state index contributed by atoms with van der Waals surface area (Å²) in [5.74, 6) is 0.420. The molecule has 448 valence electrons. The highest BCUT2D eigenvalue weighted by Gasteiger charge is 2.34. The molecular formula is C48H67N9O24. The second-order valence-electron chi connectivity index (χ2n) is 17.4. The van der Waals surface area contributed by atoms with Gasteiger partial charge in [-0.1, -0.05) is 30.7 Å². The van der Waals surface area contributed by atoms with Gasteiger partial charge in [-0.3, -0.25) is 0 Å². The molecule has 33 nitrogen and oxygen atoms in total. The molecule has 0 spiro atoms. The Morgan fingerprint density at radius 3 is 1.27 bits per heavy atom. The van der Waals surface area contributed by atoms with Crippen molar-refractivity contribution in [1.82, 2.24) is 9.80 Å². The molecule has 1 aromatic carbocycles. The number of imide groups is 3. The number of carbonyl (C=O) groups is 6. The van der Waals surface area contributed by atoms with Crippen molar-refractivity contribution >= 4 is 41.9 Å². The van der Waals surface area contributed by atoms with Crippen LogP contribution in [0.1, 0.15) is 0 Å². The van der Waals surface area contributed by atoms with Crippen molar-refractivity contribution in [3.8, 4) is 11.5 Å². The number of rotatable bonds is 7. The molecule has 6 aliphatic heterocycles. The lowest BCUT2D eigenvalue weighted by molar-refractivity contribution is -0.155. The minimum atomic E-state index is -0.899. The first-order valence-electron chi connectivity index (χ1n) is 26.2. The third-order valence-electron chi connectivity index (χ3n) is 11.7. The summed E-state index contributed by atoms with van der Waals surface area (Å²) in [5.41, 5.74) is 0.103. The number of anilines is 1. The predicted octanol–water partition coefficient (Wildman–Crippen LogP) is 2.96. The normalized spacial score (nSPS) is 27.5. The highest BCUT2D eigenvalue weighted by atomic mass is 16.6. The van der Waals surface area contributed by atoms with E-state index in [2.05, 4.69) is 30.7 Å². The van der Waals surface area contributed by atoms with Crippen LogP contribution in [0, 0.1) is 0 Å². The fourth-order valence-electron chi connectivity index (χ4n) is 7.72. The van der Waals surface area contributed by atoms with Crippen LogP contribution in [-0.2, 0) is 75.8 Å². The van der Waals surface area contributed by atoms with E-state index >= 15 is 0 Å². The molecule has 5 atom stereocenters. The maximum atomic E-state index is 12.6. The number of azo groups is 3. The Bertz CT molecular complexity index is 2240. The van der Waals surface area contributed by atoms with Gasteiger partial charge in [-0.2, -0.15) is 0 Å². The SMILES string of the molecule is O=C1N=NC(=O)N1C/C1=C/OCCOCCOCCOCCOCC(C2COCCOCCOCC(C3COCCOCCOC(CN4C(=O)N=NC4=O)CO3)OCCOc3cc(N4C(=O)N=NC4=O)ccc3OCCO2)OCCO1. The number of hydrogen-bond acceptors (Lipinski definition) is 24. The lowest BCUT2D eigenvalue weighted by Gasteiger charge is -2.30. The van der Waals surface area contributed by atoms with E-state index in [0.717, 1.165) is 14.7 Å². The Kier molecular flexibility index (Phi) is 27.5. The summed E-state index contributed by atoms with van der Waals surface area (Å²) in [5, 5.41) is 20.0. The lowest BCUT2D eigenvalue weighted by Crippen LogP contribution is -2.45. The molecule has 0 saturated carbocycles. The number of carbonyl (C=O) groups excluding carboxylic acids is 6. The summed E-state index contributed by atoms with van der Waals surface area (Å²) in [6, 6.07) is -0.780. The Morgan fingerprint density at radius 2 is 0.765 bits per heavy atom. The Balaban J connectivity index is 1.04. The average Bonchev–Trinajstić information content (AvgIpc) is 4.29. The fraction of sp³-hybridized carbons (Fsp3) is 0.708. The minimum absolute atomic E-state index is 0.00903. The van der Waals surface area contributed by atoms with E-state index in [-0.39, 0.29) is 188 Å². The smallest absolute Gasteiger partial charge is 0.375 e. The Labute approximate surface area is 464 Å². The summed E-state index contributed by atoms with van der Waals surface area (Å²) in [6.45, 7) is 2.49. The van der Waals surface area contributed by atoms with Gasteiger partial charge in [0, 0.05) is 6.07 Å². The van der Waals surface area contributed by atoms with E-state index in [9.17, 15) is 28.8 Å². The molecule has 12 amide bonds. The first kappa shape index (κ1) is 62.4. The van der Waals surface area contributed by atoms with Gasteiger partial charge in [-0.05, 0) is 12.1 Å². The van der Waals surface area contributed by atoms with Crippen molar-refractivity contribution in [3.63, 3.8) is 0 Å². The number of urea groups is 6. The minimum Gasteiger partial charge on any atom is -0.495 e. The molecule has 1 saturated heterocycles. The second kappa shape index (κ2) is 35.6. The molecule has 0 radical (unpaired) electrons. The molecule has 0 bridgehead atoms. The van der Waals surface area contributed by atoms with Crippen molar-refractivity contribution < 1.29 is 114 Å². The van der Waals surface area contributed by atoms with Gasteiger partial charge in [0.2, 0.25) is 0 Å². The van der Waals surface area contributed by atoms with Crippen LogP contribution in [0.3, 0.4) is 0 Å². The number of hydrogen-bond donors (Lipinski definition) is 0. The quantitative estimate of drug-likeness (QED) is 0.379. The number of ether oxygens (including phenoxy) is 18. The van der Waals surface area contributed by atoms with Gasteiger partial charge >= 0.3 is 36.2 Å². The van der Waals surface area contributed by atoms with Crippen LogP contribution in [0.2, 0.25) is 0 Å². The van der Waals surface area contributed by atoms with Gasteiger partial charge in [0.1, 0.15) is 57.1 Å². The maximum absolute atomic E-state index is 12.6. The third kappa shape index (κ3) is 21.6. The molecule has 0 aliphatic carbocycles. The molecule has 5 unspecified atom stereocenters. The van der Waals surface area contributed by atoms with E-state index in [1.54, 1.807) is 0 Å². The van der Waals surface area contributed by atoms with E-state index in [1.807, 2.05) is 0 Å². The first-order chi connectivity index (χ1) is 39.7. The van der Waals surface area contributed by atoms with Crippen LogP contribution < -0.4 is 14.4 Å². The van der Waals surface area contributed by atoms with Crippen LogP contribution in [0.4, 0.5) is 34.5 Å². The number of benzene rings is 1. The van der Waals surface area contributed by atoms with Crippen LogP contribution in [0.25, 0.3) is 0 Å². The van der Waals surface area contributed by atoms with Gasteiger partial charge in [0.15, 0.2) is 17.3 Å². The second-order valence-corrected chi connectivity index (χ2v) is 17.4. The highest BCUT2D eigenvalue weighted by Crippen LogP contribution is 2.34. The molecule has 0 aromatic heterocycles.